The fourth-order valence-corrected chi connectivity index (χ4v) is 2.97. The number of benzene rings is 1. The summed E-state index contributed by atoms with van der Waals surface area (Å²) in [5.74, 6) is 1.13. The summed E-state index contributed by atoms with van der Waals surface area (Å²) < 4.78 is 5.10. The van der Waals surface area contributed by atoms with Crippen LogP contribution >= 0.6 is 0 Å². The maximum atomic E-state index is 12.8. The van der Waals surface area contributed by atoms with Crippen LogP contribution in [0.1, 0.15) is 49.0 Å². The van der Waals surface area contributed by atoms with Crippen molar-refractivity contribution in [2.75, 3.05) is 11.9 Å². The van der Waals surface area contributed by atoms with Crippen LogP contribution in [0.25, 0.3) is 0 Å². The van der Waals surface area contributed by atoms with Crippen LogP contribution in [0.5, 0.6) is 0 Å². The molecule has 122 valence electrons. The summed E-state index contributed by atoms with van der Waals surface area (Å²) in [5, 5.41) is 7.05. The van der Waals surface area contributed by atoms with Gasteiger partial charge in [-0.3, -0.25) is 0 Å². The Morgan fingerprint density at radius 1 is 1.26 bits per heavy atom. The van der Waals surface area contributed by atoms with Gasteiger partial charge in [-0.15, -0.1) is 0 Å². The summed E-state index contributed by atoms with van der Waals surface area (Å²) in [6.07, 6.45) is 4.03. The van der Waals surface area contributed by atoms with Crippen LogP contribution in [0.15, 0.2) is 28.8 Å². The first-order chi connectivity index (χ1) is 11.1. The van der Waals surface area contributed by atoms with E-state index in [0.29, 0.717) is 18.3 Å². The molecule has 1 unspecified atom stereocenters. The molecule has 1 fully saturated rings. The van der Waals surface area contributed by atoms with Gasteiger partial charge in [-0.05, 0) is 31.4 Å². The van der Waals surface area contributed by atoms with Gasteiger partial charge >= 0.3 is 6.03 Å². The van der Waals surface area contributed by atoms with Gasteiger partial charge in [0.15, 0.2) is 5.82 Å². The molecule has 6 heteroatoms. The highest BCUT2D eigenvalue weighted by Crippen LogP contribution is 2.29. The molecule has 0 bridgehead atoms. The molecular weight excluding hydrogens is 292 g/mol. The van der Waals surface area contributed by atoms with Crippen molar-refractivity contribution in [1.29, 1.82) is 0 Å². The Hall–Kier alpha value is -2.37. The second-order valence-corrected chi connectivity index (χ2v) is 5.98. The van der Waals surface area contributed by atoms with E-state index in [1.54, 1.807) is 6.92 Å². The SMILES string of the molecule is Cc1nc(C2CCCCCN2C(=O)Nc2ccccc2C)no1. The maximum absolute atomic E-state index is 12.8. The summed E-state index contributed by atoms with van der Waals surface area (Å²) in [6, 6.07) is 7.55. The molecule has 1 aliphatic heterocycles. The van der Waals surface area contributed by atoms with E-state index < -0.39 is 0 Å². The summed E-state index contributed by atoms with van der Waals surface area (Å²) in [6.45, 7) is 4.46. The van der Waals surface area contributed by atoms with Crippen LogP contribution in [0, 0.1) is 13.8 Å². The van der Waals surface area contributed by atoms with Gasteiger partial charge in [-0.2, -0.15) is 4.98 Å². The van der Waals surface area contributed by atoms with Crippen LogP contribution in [-0.4, -0.2) is 27.6 Å². The van der Waals surface area contributed by atoms with Crippen LogP contribution in [-0.2, 0) is 0 Å². The molecule has 2 heterocycles. The number of carbonyl (C=O) groups excluding carboxylic acids is 1. The van der Waals surface area contributed by atoms with E-state index in [9.17, 15) is 4.79 Å². The number of nitrogens with one attached hydrogen (secondary N) is 1. The van der Waals surface area contributed by atoms with Crippen molar-refractivity contribution in [3.63, 3.8) is 0 Å². The number of aryl methyl sites for hydroxylation is 2. The average Bonchev–Trinajstić information content (AvgIpc) is 2.82. The topological polar surface area (TPSA) is 71.3 Å². The predicted octanol–water partition coefficient (Wildman–Crippen LogP) is 3.84. The number of urea groups is 1. The number of nitrogens with zero attached hydrogens (tertiary/aromatic N) is 3. The van der Waals surface area contributed by atoms with E-state index >= 15 is 0 Å². The Balaban J connectivity index is 1.81. The smallest absolute Gasteiger partial charge is 0.322 e. The molecular formula is C17H22N4O2. The first kappa shape index (κ1) is 15.5. The summed E-state index contributed by atoms with van der Waals surface area (Å²) in [4.78, 5) is 19.0. The first-order valence-electron chi connectivity index (χ1n) is 8.08. The summed E-state index contributed by atoms with van der Waals surface area (Å²) >= 11 is 0. The minimum absolute atomic E-state index is 0.103. The Morgan fingerprint density at radius 3 is 2.83 bits per heavy atom. The van der Waals surface area contributed by atoms with Crippen LogP contribution in [0.2, 0.25) is 0 Å². The van der Waals surface area contributed by atoms with Gasteiger partial charge in [-0.1, -0.05) is 36.2 Å². The third-order valence-electron chi connectivity index (χ3n) is 4.24. The fourth-order valence-electron chi connectivity index (χ4n) is 2.97. The molecule has 0 spiro atoms. The summed E-state index contributed by atoms with van der Waals surface area (Å²) in [5.41, 5.74) is 1.88. The second-order valence-electron chi connectivity index (χ2n) is 5.98. The van der Waals surface area contributed by atoms with Crippen molar-refractivity contribution in [3.8, 4) is 0 Å². The molecule has 1 saturated heterocycles. The zero-order chi connectivity index (χ0) is 16.2. The number of carbonyl (C=O) groups is 1. The highest BCUT2D eigenvalue weighted by Gasteiger charge is 2.30. The number of aromatic nitrogens is 2. The van der Waals surface area contributed by atoms with Crippen molar-refractivity contribution in [2.24, 2.45) is 0 Å². The van der Waals surface area contributed by atoms with Gasteiger partial charge in [0.1, 0.15) is 0 Å². The van der Waals surface area contributed by atoms with Crippen molar-refractivity contribution in [2.45, 2.75) is 45.6 Å². The molecule has 3 rings (SSSR count). The number of anilines is 1. The normalized spacial score (nSPS) is 18.5. The second kappa shape index (κ2) is 6.81. The molecule has 6 nitrogen and oxygen atoms in total. The standard InChI is InChI=1S/C17H22N4O2/c1-12-8-5-6-9-14(12)19-17(22)21-11-7-3-4-10-15(21)16-18-13(2)23-20-16/h5-6,8-9,15H,3-4,7,10-11H2,1-2H3,(H,19,22). The zero-order valence-electron chi connectivity index (χ0n) is 13.6. The highest BCUT2D eigenvalue weighted by molar-refractivity contribution is 5.90. The average molecular weight is 314 g/mol. The first-order valence-corrected chi connectivity index (χ1v) is 8.08. The molecule has 1 aliphatic rings. The number of amides is 2. The molecule has 1 aromatic carbocycles. The van der Waals surface area contributed by atoms with Gasteiger partial charge in [0.25, 0.3) is 0 Å². The minimum atomic E-state index is -0.126. The lowest BCUT2D eigenvalue weighted by atomic mass is 10.1. The Morgan fingerprint density at radius 2 is 2.09 bits per heavy atom. The summed E-state index contributed by atoms with van der Waals surface area (Å²) in [7, 11) is 0. The lowest BCUT2D eigenvalue weighted by Gasteiger charge is -2.28. The number of rotatable bonds is 2. The number of para-hydroxylation sites is 1. The molecule has 0 radical (unpaired) electrons. The predicted molar refractivity (Wildman–Crippen MR) is 87.1 cm³/mol. The van der Waals surface area contributed by atoms with Crippen molar-refractivity contribution < 1.29 is 9.32 Å². The largest absolute Gasteiger partial charge is 0.340 e. The number of hydrogen-bond donors (Lipinski definition) is 1. The van der Waals surface area contributed by atoms with Crippen molar-refractivity contribution in [3.05, 3.63) is 41.5 Å². The molecule has 1 atom stereocenters. The van der Waals surface area contributed by atoms with Crippen LogP contribution in [0.3, 0.4) is 0 Å². The lowest BCUT2D eigenvalue weighted by Crippen LogP contribution is -2.38. The zero-order valence-corrected chi connectivity index (χ0v) is 13.6. The Bertz CT molecular complexity index is 683. The van der Waals surface area contributed by atoms with Crippen LogP contribution in [0.4, 0.5) is 10.5 Å². The van der Waals surface area contributed by atoms with E-state index in [2.05, 4.69) is 15.5 Å². The van der Waals surface area contributed by atoms with Gasteiger partial charge in [0.2, 0.25) is 5.89 Å². The molecule has 1 aromatic heterocycles. The van der Waals surface area contributed by atoms with Gasteiger partial charge in [0, 0.05) is 19.2 Å². The third kappa shape index (κ3) is 3.52. The fraction of sp³-hybridized carbons (Fsp3) is 0.471. The number of hydrogen-bond acceptors (Lipinski definition) is 4. The van der Waals surface area contributed by atoms with E-state index in [4.69, 9.17) is 4.52 Å². The van der Waals surface area contributed by atoms with E-state index in [-0.39, 0.29) is 12.1 Å². The van der Waals surface area contributed by atoms with Gasteiger partial charge in [-0.25, -0.2) is 4.79 Å². The number of likely N-dealkylation sites (tertiary alicyclic amines) is 1. The maximum Gasteiger partial charge on any atom is 0.322 e. The third-order valence-corrected chi connectivity index (χ3v) is 4.24. The molecule has 0 aliphatic carbocycles. The van der Waals surface area contributed by atoms with Gasteiger partial charge in [0.05, 0.1) is 6.04 Å². The van der Waals surface area contributed by atoms with Gasteiger partial charge < -0.3 is 14.7 Å². The molecule has 0 saturated carbocycles. The molecule has 2 amide bonds. The lowest BCUT2D eigenvalue weighted by molar-refractivity contribution is 0.184. The van der Waals surface area contributed by atoms with Crippen molar-refractivity contribution >= 4 is 11.7 Å². The van der Waals surface area contributed by atoms with E-state index in [1.807, 2.05) is 36.1 Å². The Kier molecular flexibility index (Phi) is 4.60. The monoisotopic (exact) mass is 314 g/mol. The van der Waals surface area contributed by atoms with Crippen molar-refractivity contribution in [1.82, 2.24) is 15.0 Å². The molecule has 2 aromatic rings. The van der Waals surface area contributed by atoms with E-state index in [1.165, 1.54) is 0 Å². The van der Waals surface area contributed by atoms with E-state index in [0.717, 1.165) is 36.9 Å². The van der Waals surface area contributed by atoms with Crippen LogP contribution < -0.4 is 5.32 Å². The highest BCUT2D eigenvalue weighted by atomic mass is 16.5. The Labute approximate surface area is 135 Å². The minimum Gasteiger partial charge on any atom is -0.340 e. The molecule has 1 N–H and O–H groups in total. The molecule has 23 heavy (non-hydrogen) atoms. The quantitative estimate of drug-likeness (QED) is 0.914.